The summed E-state index contributed by atoms with van der Waals surface area (Å²) >= 11 is 0. The fourth-order valence-corrected chi connectivity index (χ4v) is 3.12. The van der Waals surface area contributed by atoms with Crippen LogP contribution in [0.3, 0.4) is 0 Å². The van der Waals surface area contributed by atoms with E-state index in [1.165, 1.54) is 0 Å². The summed E-state index contributed by atoms with van der Waals surface area (Å²) in [5.41, 5.74) is 1.36. The molecule has 2 amide bonds. The molecule has 1 aliphatic heterocycles. The van der Waals surface area contributed by atoms with Crippen molar-refractivity contribution in [2.24, 2.45) is 0 Å². The van der Waals surface area contributed by atoms with Crippen molar-refractivity contribution >= 4 is 11.8 Å². The monoisotopic (exact) mass is 398 g/mol. The Labute approximate surface area is 170 Å². The molecule has 0 aliphatic carbocycles. The molecule has 8 nitrogen and oxygen atoms in total. The Hall–Kier alpha value is -3.13. The first-order valence-corrected chi connectivity index (χ1v) is 9.46. The lowest BCUT2D eigenvalue weighted by molar-refractivity contribution is 0.0658. The number of methoxy groups -OCH3 is 2. The van der Waals surface area contributed by atoms with Crippen molar-refractivity contribution in [3.8, 4) is 11.5 Å². The number of pyridine rings is 1. The van der Waals surface area contributed by atoms with E-state index in [-0.39, 0.29) is 23.2 Å². The number of hydrogen-bond donors (Lipinski definition) is 1. The average Bonchev–Trinajstić information content (AvgIpc) is 2.77. The summed E-state index contributed by atoms with van der Waals surface area (Å²) in [7, 11) is 5.16. The van der Waals surface area contributed by atoms with Gasteiger partial charge in [-0.2, -0.15) is 0 Å². The van der Waals surface area contributed by atoms with Crippen LogP contribution < -0.4 is 14.8 Å². The van der Waals surface area contributed by atoms with Gasteiger partial charge in [0.1, 0.15) is 11.4 Å². The molecule has 1 aromatic heterocycles. The van der Waals surface area contributed by atoms with Crippen molar-refractivity contribution in [2.45, 2.75) is 6.54 Å². The number of aromatic nitrogens is 1. The second-order valence-corrected chi connectivity index (χ2v) is 6.88. The van der Waals surface area contributed by atoms with Gasteiger partial charge in [0.2, 0.25) is 0 Å². The topological polar surface area (TPSA) is 84.0 Å². The van der Waals surface area contributed by atoms with Crippen LogP contribution in [0.4, 0.5) is 0 Å². The van der Waals surface area contributed by atoms with Crippen LogP contribution in [0.1, 0.15) is 26.5 Å². The predicted octanol–water partition coefficient (Wildman–Crippen LogP) is 1.42. The minimum absolute atomic E-state index is 0.146. The molecule has 2 aromatic rings. The Morgan fingerprint density at radius 3 is 2.38 bits per heavy atom. The molecule has 0 atom stereocenters. The zero-order valence-corrected chi connectivity index (χ0v) is 17.0. The molecule has 0 spiro atoms. The molecular weight excluding hydrogens is 372 g/mol. The zero-order chi connectivity index (χ0) is 20.8. The van der Waals surface area contributed by atoms with Crippen molar-refractivity contribution in [1.82, 2.24) is 20.1 Å². The Bertz CT molecular complexity index is 879. The molecule has 0 bridgehead atoms. The van der Waals surface area contributed by atoms with Crippen LogP contribution in [-0.4, -0.2) is 74.0 Å². The molecule has 1 aliphatic rings. The van der Waals surface area contributed by atoms with Gasteiger partial charge in [-0.3, -0.25) is 9.59 Å². The van der Waals surface area contributed by atoms with E-state index in [0.29, 0.717) is 31.1 Å². The predicted molar refractivity (Wildman–Crippen MR) is 108 cm³/mol. The number of ether oxygens (including phenoxy) is 2. The van der Waals surface area contributed by atoms with Gasteiger partial charge in [0, 0.05) is 32.7 Å². The summed E-state index contributed by atoms with van der Waals surface area (Å²) in [6.07, 6.45) is 0. The summed E-state index contributed by atoms with van der Waals surface area (Å²) in [5.74, 6) is 0.733. The summed E-state index contributed by atoms with van der Waals surface area (Å²) in [6, 6.07) is 10.4. The van der Waals surface area contributed by atoms with Crippen LogP contribution in [0.5, 0.6) is 11.5 Å². The number of nitrogens with one attached hydrogen (secondary N) is 1. The number of hydrogen-bond acceptors (Lipinski definition) is 6. The van der Waals surface area contributed by atoms with Crippen LogP contribution in [0, 0.1) is 0 Å². The van der Waals surface area contributed by atoms with Crippen molar-refractivity contribution in [3.05, 3.63) is 53.3 Å². The first-order chi connectivity index (χ1) is 14.0. The molecule has 8 heteroatoms. The van der Waals surface area contributed by atoms with Crippen LogP contribution in [0.25, 0.3) is 0 Å². The molecule has 1 fully saturated rings. The Morgan fingerprint density at radius 1 is 1.00 bits per heavy atom. The molecule has 3 rings (SSSR count). The highest BCUT2D eigenvalue weighted by atomic mass is 16.5. The van der Waals surface area contributed by atoms with E-state index in [2.05, 4.69) is 15.2 Å². The minimum Gasteiger partial charge on any atom is -0.493 e. The van der Waals surface area contributed by atoms with Crippen LogP contribution in [0.2, 0.25) is 0 Å². The van der Waals surface area contributed by atoms with Gasteiger partial charge in [0.15, 0.2) is 11.5 Å². The summed E-state index contributed by atoms with van der Waals surface area (Å²) in [4.78, 5) is 33.4. The van der Waals surface area contributed by atoms with E-state index >= 15 is 0 Å². The molecule has 1 saturated heterocycles. The highest BCUT2D eigenvalue weighted by Crippen LogP contribution is 2.27. The molecule has 0 saturated carbocycles. The Morgan fingerprint density at radius 2 is 1.69 bits per heavy atom. The lowest BCUT2D eigenvalue weighted by Crippen LogP contribution is -2.47. The van der Waals surface area contributed by atoms with Crippen molar-refractivity contribution in [2.75, 3.05) is 47.4 Å². The largest absolute Gasteiger partial charge is 0.493 e. The van der Waals surface area contributed by atoms with Crippen molar-refractivity contribution in [1.29, 1.82) is 0 Å². The third-order valence-corrected chi connectivity index (χ3v) is 4.89. The smallest absolute Gasteiger partial charge is 0.272 e. The zero-order valence-electron chi connectivity index (χ0n) is 17.0. The molecule has 1 N–H and O–H groups in total. The second kappa shape index (κ2) is 9.38. The summed E-state index contributed by atoms with van der Waals surface area (Å²) < 4.78 is 10.5. The quantitative estimate of drug-likeness (QED) is 0.792. The SMILES string of the molecule is COc1ccc(CNC(=O)c2cccc(C(=O)N3CCN(C)CC3)n2)cc1OC. The number of rotatable bonds is 6. The van der Waals surface area contributed by atoms with E-state index in [1.54, 1.807) is 49.5 Å². The van der Waals surface area contributed by atoms with Gasteiger partial charge in [-0.1, -0.05) is 12.1 Å². The molecule has 154 valence electrons. The first kappa shape index (κ1) is 20.6. The minimum atomic E-state index is -0.340. The lowest BCUT2D eigenvalue weighted by atomic mass is 10.2. The van der Waals surface area contributed by atoms with Gasteiger partial charge in [-0.15, -0.1) is 0 Å². The third kappa shape index (κ3) is 5.03. The van der Waals surface area contributed by atoms with E-state index in [0.717, 1.165) is 18.7 Å². The normalized spacial score (nSPS) is 14.4. The van der Waals surface area contributed by atoms with E-state index in [9.17, 15) is 9.59 Å². The number of amides is 2. The molecular formula is C21H26N4O4. The van der Waals surface area contributed by atoms with Crippen LogP contribution in [-0.2, 0) is 6.54 Å². The van der Waals surface area contributed by atoms with E-state index in [1.807, 2.05) is 13.1 Å². The van der Waals surface area contributed by atoms with Gasteiger partial charge < -0.3 is 24.6 Å². The highest BCUT2D eigenvalue weighted by molar-refractivity contribution is 5.96. The third-order valence-electron chi connectivity index (χ3n) is 4.89. The maximum Gasteiger partial charge on any atom is 0.272 e. The molecule has 0 unspecified atom stereocenters. The fraction of sp³-hybridized carbons (Fsp3) is 0.381. The number of likely N-dealkylation sites (N-methyl/N-ethyl adjacent to an activating group) is 1. The summed E-state index contributed by atoms with van der Waals surface area (Å²) in [6.45, 7) is 3.28. The fourth-order valence-electron chi connectivity index (χ4n) is 3.12. The standard InChI is InChI=1S/C21H26N4O4/c1-24-9-11-25(12-10-24)21(27)17-6-4-5-16(23-17)20(26)22-14-15-7-8-18(28-2)19(13-15)29-3/h4-8,13H,9-12,14H2,1-3H3,(H,22,26). The van der Waals surface area contributed by atoms with E-state index in [4.69, 9.17) is 9.47 Å². The maximum atomic E-state index is 12.7. The van der Waals surface area contributed by atoms with Gasteiger partial charge in [-0.25, -0.2) is 4.98 Å². The maximum absolute atomic E-state index is 12.7. The van der Waals surface area contributed by atoms with Gasteiger partial charge >= 0.3 is 0 Å². The molecule has 1 aromatic carbocycles. The molecule has 2 heterocycles. The van der Waals surface area contributed by atoms with Crippen LogP contribution >= 0.6 is 0 Å². The van der Waals surface area contributed by atoms with Crippen molar-refractivity contribution < 1.29 is 19.1 Å². The number of benzene rings is 1. The van der Waals surface area contributed by atoms with Crippen molar-refractivity contribution in [3.63, 3.8) is 0 Å². The highest BCUT2D eigenvalue weighted by Gasteiger charge is 2.22. The summed E-state index contributed by atoms with van der Waals surface area (Å²) in [5, 5.41) is 2.83. The van der Waals surface area contributed by atoms with Gasteiger partial charge in [0.05, 0.1) is 14.2 Å². The number of carbonyl (C=O) groups excluding carboxylic acids is 2. The number of carbonyl (C=O) groups is 2. The lowest BCUT2D eigenvalue weighted by Gasteiger charge is -2.32. The molecule has 29 heavy (non-hydrogen) atoms. The van der Waals surface area contributed by atoms with E-state index < -0.39 is 0 Å². The number of nitrogens with zero attached hydrogens (tertiary/aromatic N) is 3. The average molecular weight is 398 g/mol. The number of piperazine rings is 1. The Kier molecular flexibility index (Phi) is 6.66. The Balaban J connectivity index is 1.64. The van der Waals surface area contributed by atoms with Gasteiger partial charge in [0.25, 0.3) is 11.8 Å². The first-order valence-electron chi connectivity index (χ1n) is 9.46. The van der Waals surface area contributed by atoms with Crippen LogP contribution in [0.15, 0.2) is 36.4 Å². The molecule has 0 radical (unpaired) electrons. The van der Waals surface area contributed by atoms with Gasteiger partial charge in [-0.05, 0) is 36.9 Å². The second-order valence-electron chi connectivity index (χ2n) is 6.88.